The highest BCUT2D eigenvalue weighted by molar-refractivity contribution is 14.0. The lowest BCUT2D eigenvalue weighted by Gasteiger charge is -2.30. The lowest BCUT2D eigenvalue weighted by Crippen LogP contribution is -2.47. The van der Waals surface area contributed by atoms with Gasteiger partial charge in [0.15, 0.2) is 5.96 Å². The van der Waals surface area contributed by atoms with Crippen LogP contribution in [0.15, 0.2) is 29.3 Å². The molecule has 3 atom stereocenters. The minimum atomic E-state index is -0.681. The number of guanidine groups is 1. The van der Waals surface area contributed by atoms with Gasteiger partial charge in [-0.1, -0.05) is 18.6 Å². The van der Waals surface area contributed by atoms with Gasteiger partial charge in [0.1, 0.15) is 5.75 Å². The fourth-order valence-electron chi connectivity index (χ4n) is 3.73. The van der Waals surface area contributed by atoms with Crippen LogP contribution < -0.4 is 20.7 Å². The van der Waals surface area contributed by atoms with E-state index in [1.807, 2.05) is 31.2 Å². The summed E-state index contributed by atoms with van der Waals surface area (Å²) in [6, 6.07) is 8.00. The van der Waals surface area contributed by atoms with Crippen molar-refractivity contribution in [3.05, 3.63) is 29.8 Å². The first-order chi connectivity index (χ1) is 14.1. The van der Waals surface area contributed by atoms with Crippen LogP contribution in [0.25, 0.3) is 0 Å². The number of ether oxygens (including phenoxy) is 1. The normalized spacial score (nSPS) is 22.4. The van der Waals surface area contributed by atoms with E-state index in [1.165, 1.54) is 0 Å². The number of hydrogen-bond donors (Lipinski definition) is 4. The Balaban J connectivity index is 0.00000320. The number of hydrogen-bond acceptors (Lipinski definition) is 4. The second-order valence-corrected chi connectivity index (χ2v) is 8.00. The van der Waals surface area contributed by atoms with Gasteiger partial charge in [-0.2, -0.15) is 0 Å². The Morgan fingerprint density at radius 2 is 1.90 bits per heavy atom. The molecule has 7 nitrogen and oxygen atoms in total. The highest BCUT2D eigenvalue weighted by atomic mass is 127. The van der Waals surface area contributed by atoms with Gasteiger partial charge in [0.25, 0.3) is 0 Å². The first-order valence-corrected chi connectivity index (χ1v) is 10.8. The van der Waals surface area contributed by atoms with Crippen molar-refractivity contribution in [1.29, 1.82) is 0 Å². The maximum atomic E-state index is 12.4. The van der Waals surface area contributed by atoms with Crippen LogP contribution in [0.4, 0.5) is 0 Å². The number of benzene rings is 1. The third-order valence-corrected chi connectivity index (χ3v) is 5.58. The number of aliphatic imine (C=N–C) groups is 1. The molecule has 0 aromatic heterocycles. The highest BCUT2D eigenvalue weighted by Crippen LogP contribution is 2.27. The fraction of sp³-hybridized carbons (Fsp3) is 0.636. The molecular formula is C22H35IN4O3. The summed E-state index contributed by atoms with van der Waals surface area (Å²) in [5.41, 5.74) is 0.805. The average molecular weight is 530 g/mol. The Morgan fingerprint density at radius 1 is 1.17 bits per heavy atom. The quantitative estimate of drug-likeness (QED) is 0.236. The average Bonchev–Trinajstić information content (AvgIpc) is 3.56. The molecule has 1 amide bonds. The van der Waals surface area contributed by atoms with Gasteiger partial charge < -0.3 is 25.8 Å². The molecule has 4 N–H and O–H groups in total. The molecule has 2 fully saturated rings. The molecule has 0 bridgehead atoms. The van der Waals surface area contributed by atoms with Gasteiger partial charge >= 0.3 is 0 Å². The van der Waals surface area contributed by atoms with E-state index in [1.54, 1.807) is 7.11 Å². The minimum absolute atomic E-state index is 0. The van der Waals surface area contributed by atoms with Crippen molar-refractivity contribution in [2.24, 2.45) is 10.9 Å². The number of aliphatic hydroxyl groups is 1. The van der Waals surface area contributed by atoms with Crippen molar-refractivity contribution >= 4 is 35.8 Å². The summed E-state index contributed by atoms with van der Waals surface area (Å²) in [4.78, 5) is 17.0. The molecule has 8 heteroatoms. The highest BCUT2D eigenvalue weighted by Gasteiger charge is 2.31. The van der Waals surface area contributed by atoms with E-state index in [4.69, 9.17) is 4.74 Å². The molecule has 168 valence electrons. The van der Waals surface area contributed by atoms with E-state index < -0.39 is 6.10 Å². The predicted molar refractivity (Wildman–Crippen MR) is 129 cm³/mol. The number of methoxy groups -OCH3 is 1. The summed E-state index contributed by atoms with van der Waals surface area (Å²) >= 11 is 0. The summed E-state index contributed by atoms with van der Waals surface area (Å²) in [7, 11) is 1.62. The molecule has 1 aromatic rings. The standard InChI is InChI=1S/C22H34N4O3.HI/c1-3-23-22(24-14-20(27)15-7-11-19(29-2)12-8-15)26-18-6-4-5-16(13-18)21(28)25-17-9-10-17;/h7-8,11-12,16-18,20,27H,3-6,9-10,13-14H2,1-2H3,(H,25,28)(H2,23,24,26);1H. The molecule has 0 saturated heterocycles. The maximum absolute atomic E-state index is 12.4. The van der Waals surface area contributed by atoms with Crippen molar-refractivity contribution in [3.63, 3.8) is 0 Å². The number of nitrogens with zero attached hydrogens (tertiary/aromatic N) is 1. The number of halogens is 1. The SMILES string of the molecule is CCNC(=NCC(O)c1ccc(OC)cc1)NC1CCCC(C(=O)NC2CC2)C1.I. The zero-order valence-corrected chi connectivity index (χ0v) is 20.2. The van der Waals surface area contributed by atoms with Crippen LogP contribution in [0.3, 0.4) is 0 Å². The van der Waals surface area contributed by atoms with Crippen LogP contribution in [-0.2, 0) is 4.79 Å². The van der Waals surface area contributed by atoms with E-state index in [0.717, 1.165) is 56.4 Å². The molecule has 2 aliphatic rings. The number of carbonyl (C=O) groups excluding carboxylic acids is 1. The van der Waals surface area contributed by atoms with Crippen LogP contribution in [-0.4, -0.2) is 49.3 Å². The van der Waals surface area contributed by atoms with Gasteiger partial charge in [-0.3, -0.25) is 9.79 Å². The molecular weight excluding hydrogens is 495 g/mol. The number of amides is 1. The third-order valence-electron chi connectivity index (χ3n) is 5.58. The van der Waals surface area contributed by atoms with Crippen LogP contribution in [0.2, 0.25) is 0 Å². The van der Waals surface area contributed by atoms with Gasteiger partial charge in [-0.15, -0.1) is 24.0 Å². The van der Waals surface area contributed by atoms with Gasteiger partial charge in [-0.05, 0) is 56.7 Å². The predicted octanol–water partition coefficient (Wildman–Crippen LogP) is 2.74. The molecule has 0 radical (unpaired) electrons. The number of carbonyl (C=O) groups is 1. The Labute approximate surface area is 196 Å². The summed E-state index contributed by atoms with van der Waals surface area (Å²) in [5.74, 6) is 1.73. The van der Waals surface area contributed by atoms with Gasteiger partial charge in [0.2, 0.25) is 5.91 Å². The van der Waals surface area contributed by atoms with Crippen LogP contribution in [0.5, 0.6) is 5.75 Å². The van der Waals surface area contributed by atoms with Crippen molar-refractivity contribution in [3.8, 4) is 5.75 Å². The third kappa shape index (κ3) is 7.61. The smallest absolute Gasteiger partial charge is 0.223 e. The number of nitrogens with one attached hydrogen (secondary N) is 3. The van der Waals surface area contributed by atoms with E-state index in [-0.39, 0.29) is 48.4 Å². The van der Waals surface area contributed by atoms with Crippen LogP contribution in [0.1, 0.15) is 57.1 Å². The van der Waals surface area contributed by atoms with Gasteiger partial charge in [0.05, 0.1) is 19.8 Å². The second kappa shape index (κ2) is 12.3. The molecule has 1 aromatic carbocycles. The van der Waals surface area contributed by atoms with Crippen molar-refractivity contribution in [2.45, 2.75) is 63.6 Å². The lowest BCUT2D eigenvalue weighted by molar-refractivity contribution is -0.126. The van der Waals surface area contributed by atoms with Crippen LogP contribution in [0, 0.1) is 5.92 Å². The van der Waals surface area contributed by atoms with E-state index >= 15 is 0 Å². The minimum Gasteiger partial charge on any atom is -0.497 e. The Hall–Kier alpha value is -1.55. The van der Waals surface area contributed by atoms with Crippen molar-refractivity contribution in [1.82, 2.24) is 16.0 Å². The zero-order valence-electron chi connectivity index (χ0n) is 17.9. The summed E-state index contributed by atoms with van der Waals surface area (Å²) < 4.78 is 5.16. The molecule has 2 saturated carbocycles. The summed E-state index contributed by atoms with van der Waals surface area (Å²) in [5, 5.41) is 20.3. The second-order valence-electron chi connectivity index (χ2n) is 8.00. The Kier molecular flexibility index (Phi) is 10.2. The van der Waals surface area contributed by atoms with E-state index in [0.29, 0.717) is 12.0 Å². The topological polar surface area (TPSA) is 95.0 Å². The van der Waals surface area contributed by atoms with E-state index in [9.17, 15) is 9.90 Å². The van der Waals surface area contributed by atoms with E-state index in [2.05, 4.69) is 20.9 Å². The van der Waals surface area contributed by atoms with Crippen molar-refractivity contribution < 1.29 is 14.6 Å². The molecule has 0 heterocycles. The lowest BCUT2D eigenvalue weighted by atomic mass is 9.85. The summed E-state index contributed by atoms with van der Waals surface area (Å²) in [6.07, 6.45) is 5.40. The monoisotopic (exact) mass is 530 g/mol. The van der Waals surface area contributed by atoms with Crippen LogP contribution >= 0.6 is 24.0 Å². The van der Waals surface area contributed by atoms with Gasteiger partial charge in [0, 0.05) is 24.5 Å². The number of aliphatic hydroxyl groups excluding tert-OH is 1. The molecule has 3 unspecified atom stereocenters. The maximum Gasteiger partial charge on any atom is 0.223 e. The molecule has 30 heavy (non-hydrogen) atoms. The molecule has 3 rings (SSSR count). The van der Waals surface area contributed by atoms with Crippen molar-refractivity contribution in [2.75, 3.05) is 20.2 Å². The Bertz CT molecular complexity index is 694. The largest absolute Gasteiger partial charge is 0.497 e. The summed E-state index contributed by atoms with van der Waals surface area (Å²) in [6.45, 7) is 3.02. The first-order valence-electron chi connectivity index (χ1n) is 10.8. The first kappa shape index (κ1) is 24.7. The van der Waals surface area contributed by atoms with Gasteiger partial charge in [-0.25, -0.2) is 0 Å². The Morgan fingerprint density at radius 3 is 2.53 bits per heavy atom. The fourth-order valence-corrected chi connectivity index (χ4v) is 3.73. The molecule has 0 aliphatic heterocycles. The molecule has 0 spiro atoms. The molecule has 2 aliphatic carbocycles. The number of rotatable bonds is 8. The zero-order chi connectivity index (χ0) is 20.6.